The van der Waals surface area contributed by atoms with Crippen molar-refractivity contribution in [1.82, 2.24) is 0 Å². The van der Waals surface area contributed by atoms with E-state index in [0.29, 0.717) is 0 Å². The Morgan fingerprint density at radius 3 is 1.70 bits per heavy atom. The van der Waals surface area contributed by atoms with Crippen molar-refractivity contribution in [2.45, 2.75) is 39.7 Å². The molecule has 0 amide bonds. The van der Waals surface area contributed by atoms with E-state index in [4.69, 9.17) is 5.73 Å². The molecule has 0 heterocycles. The van der Waals surface area contributed by atoms with Crippen LogP contribution >= 0.6 is 0 Å². The Bertz CT molecular complexity index is 102. The molecule has 2 heteroatoms. The Morgan fingerprint density at radius 2 is 1.60 bits per heavy atom. The lowest BCUT2D eigenvalue weighted by Crippen LogP contribution is -2.38. The molecule has 0 aliphatic rings. The van der Waals surface area contributed by atoms with Gasteiger partial charge in [-0.1, -0.05) is 13.8 Å². The zero-order valence-electron chi connectivity index (χ0n) is 7.37. The van der Waals surface area contributed by atoms with Crippen LogP contribution in [0.1, 0.15) is 34.1 Å². The fourth-order valence-corrected chi connectivity index (χ4v) is 1.28. The lowest BCUT2D eigenvalue weighted by molar-refractivity contribution is 0.198. The first kappa shape index (κ1) is 9.89. The van der Waals surface area contributed by atoms with Crippen LogP contribution in [0.5, 0.6) is 0 Å². The SMILES string of the molecule is CC(C)(N)CC(C)(C)CF. The standard InChI is InChI=1S/C8H18FN/c1-7(2,6-9)5-8(3,4)10/h5-6,10H2,1-4H3. The summed E-state index contributed by atoms with van der Waals surface area (Å²) in [6, 6.07) is 0. The highest BCUT2D eigenvalue weighted by Crippen LogP contribution is 2.26. The molecule has 10 heavy (non-hydrogen) atoms. The van der Waals surface area contributed by atoms with Crippen molar-refractivity contribution in [3.8, 4) is 0 Å². The summed E-state index contributed by atoms with van der Waals surface area (Å²) < 4.78 is 12.2. The molecule has 2 N–H and O–H groups in total. The van der Waals surface area contributed by atoms with E-state index in [0.717, 1.165) is 6.42 Å². The van der Waals surface area contributed by atoms with Gasteiger partial charge in [0.25, 0.3) is 0 Å². The van der Waals surface area contributed by atoms with E-state index >= 15 is 0 Å². The lowest BCUT2D eigenvalue weighted by Gasteiger charge is -2.29. The molecule has 0 bridgehead atoms. The minimum Gasteiger partial charge on any atom is -0.326 e. The first-order valence-corrected chi connectivity index (χ1v) is 3.62. The van der Waals surface area contributed by atoms with Gasteiger partial charge in [0.15, 0.2) is 0 Å². The maximum atomic E-state index is 12.2. The van der Waals surface area contributed by atoms with Gasteiger partial charge in [0.05, 0.1) is 6.67 Å². The Balaban J connectivity index is 3.89. The Morgan fingerprint density at radius 1 is 1.20 bits per heavy atom. The molecule has 0 fully saturated rings. The summed E-state index contributed by atoms with van der Waals surface area (Å²) in [5.74, 6) is 0. The average Bonchev–Trinajstić information content (AvgIpc) is 1.60. The summed E-state index contributed by atoms with van der Waals surface area (Å²) in [5.41, 5.74) is 5.21. The largest absolute Gasteiger partial charge is 0.326 e. The van der Waals surface area contributed by atoms with Crippen LogP contribution in [-0.2, 0) is 0 Å². The van der Waals surface area contributed by atoms with Crippen LogP contribution in [0.2, 0.25) is 0 Å². The summed E-state index contributed by atoms with van der Waals surface area (Å²) in [6.07, 6.45) is 0.719. The fourth-order valence-electron chi connectivity index (χ4n) is 1.28. The summed E-state index contributed by atoms with van der Waals surface area (Å²) in [7, 11) is 0. The van der Waals surface area contributed by atoms with Crippen molar-refractivity contribution in [2.24, 2.45) is 11.1 Å². The van der Waals surface area contributed by atoms with Gasteiger partial charge in [-0.25, -0.2) is 0 Å². The zero-order chi connectivity index (χ0) is 8.41. The third-order valence-corrected chi connectivity index (χ3v) is 1.30. The van der Waals surface area contributed by atoms with Crippen LogP contribution < -0.4 is 5.73 Å². The van der Waals surface area contributed by atoms with E-state index in [1.54, 1.807) is 0 Å². The molecule has 0 atom stereocenters. The molecule has 0 aliphatic heterocycles. The van der Waals surface area contributed by atoms with Gasteiger partial charge in [0, 0.05) is 5.54 Å². The maximum Gasteiger partial charge on any atom is 0.0946 e. The third kappa shape index (κ3) is 4.74. The number of hydrogen-bond acceptors (Lipinski definition) is 1. The maximum absolute atomic E-state index is 12.2. The van der Waals surface area contributed by atoms with Crippen molar-refractivity contribution in [3.63, 3.8) is 0 Å². The Labute approximate surface area is 62.8 Å². The molecule has 0 aromatic rings. The van der Waals surface area contributed by atoms with Gasteiger partial charge < -0.3 is 5.73 Å². The summed E-state index contributed by atoms with van der Waals surface area (Å²) in [5, 5.41) is 0. The second-order valence-electron chi connectivity index (χ2n) is 4.46. The summed E-state index contributed by atoms with van der Waals surface area (Å²) >= 11 is 0. The number of hydrogen-bond donors (Lipinski definition) is 1. The fraction of sp³-hybridized carbons (Fsp3) is 1.00. The van der Waals surface area contributed by atoms with Gasteiger partial charge in [0.2, 0.25) is 0 Å². The van der Waals surface area contributed by atoms with E-state index in [1.807, 2.05) is 27.7 Å². The first-order chi connectivity index (χ1) is 4.27. The second-order valence-corrected chi connectivity index (χ2v) is 4.46. The topological polar surface area (TPSA) is 26.0 Å². The van der Waals surface area contributed by atoms with Crippen LogP contribution in [0.15, 0.2) is 0 Å². The number of halogens is 1. The van der Waals surface area contributed by atoms with Crippen LogP contribution in [0, 0.1) is 5.41 Å². The minimum absolute atomic E-state index is 0.254. The average molecular weight is 147 g/mol. The van der Waals surface area contributed by atoms with Gasteiger partial charge in [-0.15, -0.1) is 0 Å². The predicted octanol–water partition coefficient (Wildman–Crippen LogP) is 2.11. The summed E-state index contributed by atoms with van der Waals surface area (Å²) in [6.45, 7) is 7.33. The van der Waals surface area contributed by atoms with Crippen molar-refractivity contribution in [2.75, 3.05) is 6.67 Å². The molecule has 0 aromatic carbocycles. The molecular formula is C8H18FN. The van der Waals surface area contributed by atoms with Crippen LogP contribution in [-0.4, -0.2) is 12.2 Å². The number of nitrogens with two attached hydrogens (primary N) is 1. The summed E-state index contributed by atoms with van der Waals surface area (Å²) in [4.78, 5) is 0. The van der Waals surface area contributed by atoms with Gasteiger partial charge >= 0.3 is 0 Å². The molecule has 0 aliphatic carbocycles. The first-order valence-electron chi connectivity index (χ1n) is 3.62. The molecule has 0 aromatic heterocycles. The van der Waals surface area contributed by atoms with Crippen LogP contribution in [0.4, 0.5) is 4.39 Å². The Hall–Kier alpha value is -0.110. The van der Waals surface area contributed by atoms with E-state index < -0.39 is 0 Å². The van der Waals surface area contributed by atoms with Crippen LogP contribution in [0.25, 0.3) is 0 Å². The Kier molecular flexibility index (Phi) is 2.84. The number of alkyl halides is 1. The van der Waals surface area contributed by atoms with Crippen molar-refractivity contribution in [1.29, 1.82) is 0 Å². The smallest absolute Gasteiger partial charge is 0.0946 e. The highest BCUT2D eigenvalue weighted by Gasteiger charge is 2.25. The minimum atomic E-state index is -0.298. The van der Waals surface area contributed by atoms with Gasteiger partial charge in [-0.05, 0) is 25.7 Å². The second kappa shape index (κ2) is 2.87. The molecule has 0 saturated heterocycles. The van der Waals surface area contributed by atoms with E-state index in [-0.39, 0.29) is 17.6 Å². The molecular weight excluding hydrogens is 129 g/mol. The molecule has 0 unspecified atom stereocenters. The van der Waals surface area contributed by atoms with Crippen molar-refractivity contribution >= 4 is 0 Å². The molecule has 0 rings (SSSR count). The van der Waals surface area contributed by atoms with Crippen molar-refractivity contribution in [3.05, 3.63) is 0 Å². The molecule has 0 saturated carbocycles. The van der Waals surface area contributed by atoms with Crippen LogP contribution in [0.3, 0.4) is 0 Å². The molecule has 0 spiro atoms. The van der Waals surface area contributed by atoms with Crippen molar-refractivity contribution < 1.29 is 4.39 Å². The monoisotopic (exact) mass is 147 g/mol. The highest BCUT2D eigenvalue weighted by atomic mass is 19.1. The highest BCUT2D eigenvalue weighted by molar-refractivity contribution is 4.81. The van der Waals surface area contributed by atoms with Gasteiger partial charge in [-0.2, -0.15) is 0 Å². The lowest BCUT2D eigenvalue weighted by atomic mass is 9.82. The number of rotatable bonds is 3. The van der Waals surface area contributed by atoms with Gasteiger partial charge in [0.1, 0.15) is 0 Å². The quantitative estimate of drug-likeness (QED) is 0.650. The third-order valence-electron chi connectivity index (χ3n) is 1.30. The molecule has 62 valence electrons. The van der Waals surface area contributed by atoms with E-state index in [9.17, 15) is 4.39 Å². The zero-order valence-corrected chi connectivity index (χ0v) is 7.37. The molecule has 1 nitrogen and oxygen atoms in total. The predicted molar refractivity (Wildman–Crippen MR) is 42.6 cm³/mol. The van der Waals surface area contributed by atoms with E-state index in [2.05, 4.69) is 0 Å². The van der Waals surface area contributed by atoms with E-state index in [1.165, 1.54) is 0 Å². The van der Waals surface area contributed by atoms with Gasteiger partial charge in [-0.3, -0.25) is 4.39 Å². The molecule has 0 radical (unpaired) electrons. The normalized spacial score (nSPS) is 13.8.